The predicted octanol–water partition coefficient (Wildman–Crippen LogP) is 5.52. The van der Waals surface area contributed by atoms with Gasteiger partial charge >= 0.3 is 6.18 Å². The fraction of sp³-hybridized carbons (Fsp3) is 0.107. The number of aryl methyl sites for hydroxylation is 1. The van der Waals surface area contributed by atoms with E-state index in [0.29, 0.717) is 35.4 Å². The number of carbonyl (C=O) groups is 2. The molecule has 3 aromatic heterocycles. The van der Waals surface area contributed by atoms with Gasteiger partial charge in [-0.15, -0.1) is 10.2 Å². The molecule has 0 aliphatic carbocycles. The van der Waals surface area contributed by atoms with Gasteiger partial charge in [0.05, 0.1) is 23.4 Å². The van der Waals surface area contributed by atoms with Crippen molar-refractivity contribution in [2.24, 2.45) is 0 Å². The molecule has 0 spiro atoms. The Balaban J connectivity index is 1.43. The summed E-state index contributed by atoms with van der Waals surface area (Å²) in [5.41, 5.74) is 0.226. The van der Waals surface area contributed by atoms with E-state index in [1.165, 1.54) is 12.3 Å². The summed E-state index contributed by atoms with van der Waals surface area (Å²) in [5, 5.41) is 16.3. The molecule has 0 saturated heterocycles. The van der Waals surface area contributed by atoms with E-state index in [9.17, 15) is 27.2 Å². The summed E-state index contributed by atoms with van der Waals surface area (Å²) in [7, 11) is 0. The smallest absolute Gasteiger partial charge is 0.345 e. The van der Waals surface area contributed by atoms with Gasteiger partial charge in [0.25, 0.3) is 11.8 Å². The predicted molar refractivity (Wildman–Crippen MR) is 142 cm³/mol. The fourth-order valence-electron chi connectivity index (χ4n) is 3.98. The van der Waals surface area contributed by atoms with E-state index in [2.05, 4.69) is 31.1 Å². The number of carbonyl (C=O) groups excluding carboxylic acids is 2. The maximum atomic E-state index is 14.0. The van der Waals surface area contributed by atoms with Gasteiger partial charge in [0.1, 0.15) is 5.82 Å². The van der Waals surface area contributed by atoms with Crippen molar-refractivity contribution in [2.45, 2.75) is 19.6 Å². The fourth-order valence-corrected chi connectivity index (χ4v) is 3.98. The first-order valence-electron chi connectivity index (χ1n) is 12.2. The van der Waals surface area contributed by atoms with Crippen molar-refractivity contribution in [3.8, 4) is 0 Å². The number of halogens is 4. The first-order valence-corrected chi connectivity index (χ1v) is 12.2. The van der Waals surface area contributed by atoms with E-state index in [4.69, 9.17) is 0 Å². The lowest BCUT2D eigenvalue weighted by molar-refractivity contribution is -0.137. The van der Waals surface area contributed by atoms with Gasteiger partial charge in [-0.3, -0.25) is 14.0 Å². The number of nitrogens with zero attached hydrogens (tertiary/aromatic N) is 4. The lowest BCUT2D eigenvalue weighted by atomic mass is 10.1. The van der Waals surface area contributed by atoms with E-state index in [0.717, 1.165) is 5.56 Å². The summed E-state index contributed by atoms with van der Waals surface area (Å²) in [6.07, 6.45) is -1.84. The van der Waals surface area contributed by atoms with E-state index >= 15 is 0 Å². The summed E-state index contributed by atoms with van der Waals surface area (Å²) in [5.74, 6) is -2.24. The Bertz CT molecular complexity index is 1770. The largest absolute Gasteiger partial charge is 0.416 e. The molecule has 3 heterocycles. The molecule has 0 aliphatic rings. The van der Waals surface area contributed by atoms with Crippen molar-refractivity contribution in [3.63, 3.8) is 0 Å². The van der Waals surface area contributed by atoms with Crippen molar-refractivity contribution in [1.29, 1.82) is 0 Å². The second kappa shape index (κ2) is 11.0. The number of rotatable bonds is 7. The van der Waals surface area contributed by atoms with Crippen LogP contribution in [0.25, 0.3) is 5.65 Å². The molecule has 2 aromatic carbocycles. The molecule has 2 amide bonds. The highest BCUT2D eigenvalue weighted by atomic mass is 19.4. The number of nitrogens with one attached hydrogen (secondary N) is 3. The van der Waals surface area contributed by atoms with Gasteiger partial charge in [0.15, 0.2) is 17.3 Å². The molecule has 0 bridgehead atoms. The molecule has 0 radical (unpaired) electrons. The third-order valence-electron chi connectivity index (χ3n) is 6.07. The zero-order chi connectivity index (χ0) is 29.1. The standard InChI is InChI=1S/C28H21F4N7O2/c1-16-6-2-3-7-21(16)35-25-22(36-27(41)17-10-19(28(30,31)32)13-20(29)11-17)12-18(14-33-25)26(40)34-15-24-38-37-23-8-4-5-9-39(23)24/h2-14H,15H2,1H3,(H,33,35)(H,34,40)(H,36,41). The molecule has 3 N–H and O–H groups in total. The number of fused-ring (bicyclic) bond motifs is 1. The Morgan fingerprint density at radius 1 is 0.902 bits per heavy atom. The zero-order valence-corrected chi connectivity index (χ0v) is 21.3. The van der Waals surface area contributed by atoms with E-state index in [-0.39, 0.29) is 23.6 Å². The van der Waals surface area contributed by atoms with Crippen molar-refractivity contribution in [1.82, 2.24) is 24.9 Å². The third kappa shape index (κ3) is 6.13. The van der Waals surface area contributed by atoms with Gasteiger partial charge in [-0.05, 0) is 55.0 Å². The molecule has 0 unspecified atom stereocenters. The minimum absolute atomic E-state index is 0.0170. The first kappa shape index (κ1) is 27.2. The van der Waals surface area contributed by atoms with Gasteiger partial charge in [-0.2, -0.15) is 13.2 Å². The van der Waals surface area contributed by atoms with Gasteiger partial charge < -0.3 is 16.0 Å². The van der Waals surface area contributed by atoms with Gasteiger partial charge in [-0.1, -0.05) is 24.3 Å². The van der Waals surface area contributed by atoms with Crippen LogP contribution in [-0.4, -0.2) is 31.4 Å². The Kier molecular flexibility index (Phi) is 7.34. The Morgan fingerprint density at radius 3 is 2.46 bits per heavy atom. The Hall–Kier alpha value is -5.33. The van der Waals surface area contributed by atoms with Gasteiger partial charge in [0, 0.05) is 23.6 Å². The first-order chi connectivity index (χ1) is 19.6. The van der Waals surface area contributed by atoms with Crippen molar-refractivity contribution < 1.29 is 27.2 Å². The molecule has 0 aliphatic heterocycles. The molecule has 5 aromatic rings. The van der Waals surface area contributed by atoms with E-state index in [1.807, 2.05) is 19.1 Å². The molecule has 13 heteroatoms. The summed E-state index contributed by atoms with van der Waals surface area (Å²) in [6.45, 7) is 1.86. The maximum absolute atomic E-state index is 14.0. The van der Waals surface area contributed by atoms with Crippen LogP contribution < -0.4 is 16.0 Å². The van der Waals surface area contributed by atoms with Crippen molar-refractivity contribution in [2.75, 3.05) is 10.6 Å². The van der Waals surface area contributed by atoms with Gasteiger partial charge in [-0.25, -0.2) is 9.37 Å². The summed E-state index contributed by atoms with van der Waals surface area (Å²) >= 11 is 0. The number of benzene rings is 2. The number of para-hydroxylation sites is 1. The van der Waals surface area contributed by atoms with Crippen LogP contribution in [0, 0.1) is 12.7 Å². The monoisotopic (exact) mass is 563 g/mol. The number of amides is 2. The highest BCUT2D eigenvalue weighted by Crippen LogP contribution is 2.31. The number of aromatic nitrogens is 4. The average molecular weight is 564 g/mol. The van der Waals surface area contributed by atoms with Crippen molar-refractivity contribution >= 4 is 34.7 Å². The molecule has 41 heavy (non-hydrogen) atoms. The molecule has 0 saturated carbocycles. The van der Waals surface area contributed by atoms with Crippen LogP contribution >= 0.6 is 0 Å². The number of hydrogen-bond donors (Lipinski definition) is 3. The van der Waals surface area contributed by atoms with Gasteiger partial charge in [0.2, 0.25) is 0 Å². The molecule has 5 rings (SSSR count). The van der Waals surface area contributed by atoms with Crippen LogP contribution in [-0.2, 0) is 12.7 Å². The van der Waals surface area contributed by atoms with Crippen LogP contribution in [0.4, 0.5) is 34.8 Å². The molecule has 208 valence electrons. The second-order valence-corrected chi connectivity index (χ2v) is 8.97. The molecule has 0 fully saturated rings. The highest BCUT2D eigenvalue weighted by molar-refractivity contribution is 6.07. The molecule has 0 atom stereocenters. The summed E-state index contributed by atoms with van der Waals surface area (Å²) in [4.78, 5) is 30.3. The minimum Gasteiger partial charge on any atom is -0.345 e. The maximum Gasteiger partial charge on any atom is 0.416 e. The topological polar surface area (TPSA) is 113 Å². The normalized spacial score (nSPS) is 11.3. The van der Waals surface area contributed by atoms with Crippen LogP contribution in [0.1, 0.15) is 37.7 Å². The second-order valence-electron chi connectivity index (χ2n) is 8.97. The van der Waals surface area contributed by atoms with Crippen LogP contribution in [0.3, 0.4) is 0 Å². The molecular weight excluding hydrogens is 542 g/mol. The number of pyridine rings is 2. The average Bonchev–Trinajstić information content (AvgIpc) is 3.36. The lowest BCUT2D eigenvalue weighted by Gasteiger charge is -2.16. The van der Waals surface area contributed by atoms with E-state index < -0.39 is 34.9 Å². The molecule has 9 nitrogen and oxygen atoms in total. The van der Waals surface area contributed by atoms with Crippen molar-refractivity contribution in [3.05, 3.63) is 113 Å². The Labute approximate surface area is 230 Å². The molecular formula is C28H21F4N7O2. The Morgan fingerprint density at radius 2 is 1.68 bits per heavy atom. The van der Waals surface area contributed by atoms with E-state index in [1.54, 1.807) is 40.9 Å². The van der Waals surface area contributed by atoms with Crippen LogP contribution in [0.15, 0.2) is 79.1 Å². The van der Waals surface area contributed by atoms with Crippen LogP contribution in [0.5, 0.6) is 0 Å². The number of anilines is 3. The highest BCUT2D eigenvalue weighted by Gasteiger charge is 2.32. The lowest BCUT2D eigenvalue weighted by Crippen LogP contribution is -2.24. The number of alkyl halides is 3. The number of hydrogen-bond acceptors (Lipinski definition) is 6. The summed E-state index contributed by atoms with van der Waals surface area (Å²) < 4.78 is 55.3. The SMILES string of the molecule is Cc1ccccc1Nc1ncc(C(=O)NCc2nnc3ccccn23)cc1NC(=O)c1cc(F)cc(C(F)(F)F)c1. The zero-order valence-electron chi connectivity index (χ0n) is 21.3. The minimum atomic E-state index is -4.86. The third-order valence-corrected chi connectivity index (χ3v) is 6.07. The van der Waals surface area contributed by atoms with Crippen LogP contribution in [0.2, 0.25) is 0 Å². The summed E-state index contributed by atoms with van der Waals surface area (Å²) in [6, 6.07) is 15.4. The quantitative estimate of drug-likeness (QED) is 0.225.